The van der Waals surface area contributed by atoms with Gasteiger partial charge in [0.2, 0.25) is 0 Å². The second kappa shape index (κ2) is 5.19. The predicted molar refractivity (Wildman–Crippen MR) is 69.7 cm³/mol. The fourth-order valence-electron chi connectivity index (χ4n) is 2.11. The molecule has 17 heavy (non-hydrogen) atoms. The van der Waals surface area contributed by atoms with E-state index in [1.165, 1.54) is 11.1 Å². The van der Waals surface area contributed by atoms with Crippen LogP contribution in [0.1, 0.15) is 24.5 Å². The van der Waals surface area contributed by atoms with Gasteiger partial charge in [0.25, 0.3) is 0 Å². The van der Waals surface area contributed by atoms with Crippen LogP contribution in [0.25, 0.3) is 0 Å². The van der Waals surface area contributed by atoms with Gasteiger partial charge in [0.1, 0.15) is 0 Å². The molecule has 1 aromatic carbocycles. The van der Waals surface area contributed by atoms with Crippen molar-refractivity contribution >= 4 is 9.84 Å². The van der Waals surface area contributed by atoms with Crippen LogP contribution in [0.3, 0.4) is 0 Å². The minimum absolute atomic E-state index is 0.130. The molecule has 1 N–H and O–H groups in total. The third-order valence-electron chi connectivity index (χ3n) is 3.26. The molecule has 1 aliphatic heterocycles. The SMILES string of the molecule is CCc1ccc(CN[C@@H]2CCS(=O)(=O)C2)cc1. The lowest BCUT2D eigenvalue weighted by molar-refractivity contribution is 0.554. The molecule has 0 bridgehead atoms. The minimum Gasteiger partial charge on any atom is -0.309 e. The Labute approximate surface area is 103 Å². The number of hydrogen-bond donors (Lipinski definition) is 1. The van der Waals surface area contributed by atoms with Crippen molar-refractivity contribution in [2.24, 2.45) is 0 Å². The van der Waals surface area contributed by atoms with Crippen molar-refractivity contribution in [2.45, 2.75) is 32.4 Å². The molecule has 0 amide bonds. The Morgan fingerprint density at radius 2 is 1.88 bits per heavy atom. The maximum Gasteiger partial charge on any atom is 0.151 e. The highest BCUT2D eigenvalue weighted by atomic mass is 32.2. The third-order valence-corrected chi connectivity index (χ3v) is 5.03. The first kappa shape index (κ1) is 12.6. The number of rotatable bonds is 4. The molecular formula is C13H19NO2S. The fourth-order valence-corrected chi connectivity index (χ4v) is 3.82. The Hall–Kier alpha value is -0.870. The van der Waals surface area contributed by atoms with Gasteiger partial charge in [-0.05, 0) is 24.0 Å². The Kier molecular flexibility index (Phi) is 3.84. The molecule has 1 heterocycles. The lowest BCUT2D eigenvalue weighted by Gasteiger charge is -2.10. The lowest BCUT2D eigenvalue weighted by atomic mass is 10.1. The Bertz CT molecular complexity index is 465. The summed E-state index contributed by atoms with van der Waals surface area (Å²) in [7, 11) is -2.77. The van der Waals surface area contributed by atoms with Crippen LogP contribution in [0.15, 0.2) is 24.3 Å². The van der Waals surface area contributed by atoms with Gasteiger partial charge < -0.3 is 5.32 Å². The van der Waals surface area contributed by atoms with Gasteiger partial charge in [-0.25, -0.2) is 8.42 Å². The average molecular weight is 253 g/mol. The van der Waals surface area contributed by atoms with Gasteiger partial charge >= 0.3 is 0 Å². The predicted octanol–water partition coefficient (Wildman–Crippen LogP) is 1.53. The summed E-state index contributed by atoms with van der Waals surface area (Å²) in [5.74, 6) is 0.624. The van der Waals surface area contributed by atoms with Crippen molar-refractivity contribution in [3.05, 3.63) is 35.4 Å². The van der Waals surface area contributed by atoms with Gasteiger partial charge in [-0.3, -0.25) is 0 Å². The average Bonchev–Trinajstić information content (AvgIpc) is 2.67. The van der Waals surface area contributed by atoms with Crippen molar-refractivity contribution < 1.29 is 8.42 Å². The van der Waals surface area contributed by atoms with Crippen molar-refractivity contribution in [3.8, 4) is 0 Å². The molecule has 0 unspecified atom stereocenters. The molecule has 0 saturated carbocycles. The highest BCUT2D eigenvalue weighted by molar-refractivity contribution is 7.91. The van der Waals surface area contributed by atoms with E-state index in [0.29, 0.717) is 11.5 Å². The number of hydrogen-bond acceptors (Lipinski definition) is 3. The maximum absolute atomic E-state index is 11.3. The summed E-state index contributed by atoms with van der Waals surface area (Å²) in [6.45, 7) is 2.89. The van der Waals surface area contributed by atoms with Crippen molar-refractivity contribution in [2.75, 3.05) is 11.5 Å². The molecule has 0 spiro atoms. The van der Waals surface area contributed by atoms with Crippen LogP contribution in [0.4, 0.5) is 0 Å². The standard InChI is InChI=1S/C13H19NO2S/c1-2-11-3-5-12(6-4-11)9-14-13-7-8-17(15,16)10-13/h3-6,13-14H,2,7-10H2,1H3/t13-/m1/s1. The number of sulfone groups is 1. The molecule has 1 atom stereocenters. The molecule has 4 heteroatoms. The quantitative estimate of drug-likeness (QED) is 0.885. The van der Waals surface area contributed by atoms with Crippen molar-refractivity contribution in [1.29, 1.82) is 0 Å². The van der Waals surface area contributed by atoms with Gasteiger partial charge in [0, 0.05) is 12.6 Å². The van der Waals surface area contributed by atoms with Gasteiger partial charge in [0.15, 0.2) is 9.84 Å². The number of aryl methyl sites for hydroxylation is 1. The molecular weight excluding hydrogens is 234 g/mol. The molecule has 1 saturated heterocycles. The van der Waals surface area contributed by atoms with Crippen LogP contribution in [0.2, 0.25) is 0 Å². The number of nitrogens with one attached hydrogen (secondary N) is 1. The molecule has 2 rings (SSSR count). The van der Waals surface area contributed by atoms with E-state index in [2.05, 4.69) is 36.5 Å². The molecule has 0 aromatic heterocycles. The van der Waals surface area contributed by atoms with Crippen LogP contribution in [-0.4, -0.2) is 26.0 Å². The molecule has 0 radical (unpaired) electrons. The largest absolute Gasteiger partial charge is 0.309 e. The van der Waals surface area contributed by atoms with E-state index >= 15 is 0 Å². The first-order valence-electron chi connectivity index (χ1n) is 6.10. The van der Waals surface area contributed by atoms with E-state index < -0.39 is 9.84 Å². The fraction of sp³-hybridized carbons (Fsp3) is 0.538. The molecule has 94 valence electrons. The zero-order valence-corrected chi connectivity index (χ0v) is 11.0. The molecule has 0 aliphatic carbocycles. The second-order valence-corrected chi connectivity index (χ2v) is 6.88. The molecule has 1 aliphatic rings. The van der Waals surface area contributed by atoms with E-state index in [9.17, 15) is 8.42 Å². The molecule has 1 aromatic rings. The van der Waals surface area contributed by atoms with Crippen LogP contribution in [-0.2, 0) is 22.8 Å². The van der Waals surface area contributed by atoms with Crippen molar-refractivity contribution in [1.82, 2.24) is 5.32 Å². The van der Waals surface area contributed by atoms with Gasteiger partial charge in [-0.1, -0.05) is 31.2 Å². The van der Waals surface area contributed by atoms with Gasteiger partial charge in [0.05, 0.1) is 11.5 Å². The van der Waals surface area contributed by atoms with Crippen LogP contribution >= 0.6 is 0 Å². The number of benzene rings is 1. The van der Waals surface area contributed by atoms with E-state index in [0.717, 1.165) is 19.4 Å². The summed E-state index contributed by atoms with van der Waals surface area (Å²) in [4.78, 5) is 0. The van der Waals surface area contributed by atoms with Crippen molar-refractivity contribution in [3.63, 3.8) is 0 Å². The summed E-state index contributed by atoms with van der Waals surface area (Å²) in [6.07, 6.45) is 1.80. The smallest absolute Gasteiger partial charge is 0.151 e. The van der Waals surface area contributed by atoms with Crippen LogP contribution in [0, 0.1) is 0 Å². The van der Waals surface area contributed by atoms with Gasteiger partial charge in [-0.15, -0.1) is 0 Å². The summed E-state index contributed by atoms with van der Waals surface area (Å²) in [5, 5.41) is 3.31. The Morgan fingerprint density at radius 1 is 1.24 bits per heavy atom. The van der Waals surface area contributed by atoms with E-state index in [1.807, 2.05) is 0 Å². The zero-order valence-electron chi connectivity index (χ0n) is 10.1. The van der Waals surface area contributed by atoms with Crippen LogP contribution in [0.5, 0.6) is 0 Å². The summed E-state index contributed by atoms with van der Waals surface area (Å²) in [5.41, 5.74) is 2.55. The van der Waals surface area contributed by atoms with Crippen LogP contribution < -0.4 is 5.32 Å². The second-order valence-electron chi connectivity index (χ2n) is 4.65. The highest BCUT2D eigenvalue weighted by Crippen LogP contribution is 2.12. The zero-order chi connectivity index (χ0) is 12.3. The normalized spacial score (nSPS) is 22.8. The van der Waals surface area contributed by atoms with Gasteiger partial charge in [-0.2, -0.15) is 0 Å². The summed E-state index contributed by atoms with van der Waals surface area (Å²) in [6, 6.07) is 8.60. The lowest BCUT2D eigenvalue weighted by Crippen LogP contribution is -2.29. The third kappa shape index (κ3) is 3.54. The first-order valence-corrected chi connectivity index (χ1v) is 7.93. The molecule has 3 nitrogen and oxygen atoms in total. The highest BCUT2D eigenvalue weighted by Gasteiger charge is 2.27. The van der Waals surface area contributed by atoms with E-state index in [1.54, 1.807) is 0 Å². The summed E-state index contributed by atoms with van der Waals surface area (Å²) < 4.78 is 22.6. The maximum atomic E-state index is 11.3. The van der Waals surface area contributed by atoms with E-state index in [4.69, 9.17) is 0 Å². The minimum atomic E-state index is -2.77. The summed E-state index contributed by atoms with van der Waals surface area (Å²) >= 11 is 0. The molecule has 1 fully saturated rings. The monoisotopic (exact) mass is 253 g/mol. The topological polar surface area (TPSA) is 46.2 Å². The Morgan fingerprint density at radius 3 is 2.41 bits per heavy atom. The van der Waals surface area contributed by atoms with E-state index in [-0.39, 0.29) is 6.04 Å². The Balaban J connectivity index is 1.86. The first-order chi connectivity index (χ1) is 8.09.